The molecule has 4 aliphatic carbocycles. The predicted molar refractivity (Wildman–Crippen MR) is 123 cm³/mol. The van der Waals surface area contributed by atoms with Crippen LogP contribution in [0, 0.1) is 34.0 Å². The molecule has 3 aliphatic heterocycles. The molecule has 7 fully saturated rings. The summed E-state index contributed by atoms with van der Waals surface area (Å²) in [6, 6.07) is 0. The molecule has 0 amide bonds. The lowest BCUT2D eigenvalue weighted by atomic mass is 9.35. The van der Waals surface area contributed by atoms with Crippen LogP contribution >= 0.6 is 0 Å². The fourth-order valence-electron chi connectivity index (χ4n) is 9.69. The minimum atomic E-state index is -1.86. The molecule has 0 aromatic rings. The van der Waals surface area contributed by atoms with Crippen LogP contribution in [0.3, 0.4) is 0 Å². The van der Waals surface area contributed by atoms with E-state index in [-0.39, 0.29) is 42.0 Å². The first-order valence-electron chi connectivity index (χ1n) is 12.9. The maximum atomic E-state index is 12.7. The van der Waals surface area contributed by atoms with Crippen molar-refractivity contribution in [1.82, 2.24) is 0 Å². The van der Waals surface area contributed by atoms with E-state index < -0.39 is 46.6 Å². The molecule has 8 heteroatoms. The molecule has 8 nitrogen and oxygen atoms in total. The molecule has 0 radical (unpaired) electrons. The number of esters is 2. The van der Waals surface area contributed by atoms with Crippen molar-refractivity contribution in [3.05, 3.63) is 12.2 Å². The first kappa shape index (κ1) is 23.9. The van der Waals surface area contributed by atoms with E-state index in [2.05, 4.69) is 20.4 Å². The Balaban J connectivity index is 1.67. The number of ether oxygens (including phenoxy) is 5. The van der Waals surface area contributed by atoms with Crippen LogP contribution in [0.2, 0.25) is 0 Å². The second kappa shape index (κ2) is 6.88. The molecule has 4 bridgehead atoms. The second-order valence-electron chi connectivity index (χ2n) is 13.0. The highest BCUT2D eigenvalue weighted by atomic mass is 16.7. The van der Waals surface area contributed by atoms with E-state index in [4.69, 9.17) is 23.7 Å². The second-order valence-corrected chi connectivity index (χ2v) is 13.0. The molecule has 3 heterocycles. The van der Waals surface area contributed by atoms with Crippen molar-refractivity contribution >= 4 is 11.9 Å². The van der Waals surface area contributed by atoms with Crippen LogP contribution in [0.5, 0.6) is 0 Å². The van der Waals surface area contributed by atoms with Gasteiger partial charge in [0, 0.05) is 31.1 Å². The molecule has 10 unspecified atom stereocenters. The van der Waals surface area contributed by atoms with Crippen LogP contribution in [-0.4, -0.2) is 59.6 Å². The number of carbonyl (C=O) groups excluding carboxylic acids is 2. The summed E-state index contributed by atoms with van der Waals surface area (Å²) < 4.78 is 31.9. The average Bonchev–Trinajstić information content (AvgIpc) is 2.86. The summed E-state index contributed by atoms with van der Waals surface area (Å²) in [6.45, 7) is 15.6. The fraction of sp³-hybridized carbons (Fsp3) is 0.852. The number of fused-ring (bicyclic) bond motifs is 2. The quantitative estimate of drug-likeness (QED) is 0.466. The Morgan fingerprint density at radius 1 is 1.06 bits per heavy atom. The van der Waals surface area contributed by atoms with E-state index in [1.165, 1.54) is 13.8 Å². The summed E-state index contributed by atoms with van der Waals surface area (Å²) in [7, 11) is 0. The summed E-state index contributed by atoms with van der Waals surface area (Å²) in [6.07, 6.45) is 0.710. The maximum absolute atomic E-state index is 12.7. The Labute approximate surface area is 206 Å². The first-order chi connectivity index (χ1) is 16.2. The smallest absolute Gasteiger partial charge is 0.303 e. The van der Waals surface area contributed by atoms with Gasteiger partial charge in [-0.25, -0.2) is 0 Å². The Bertz CT molecular complexity index is 1000. The van der Waals surface area contributed by atoms with Crippen molar-refractivity contribution in [3.8, 4) is 0 Å². The van der Waals surface area contributed by atoms with Crippen LogP contribution < -0.4 is 0 Å². The Morgan fingerprint density at radius 2 is 1.74 bits per heavy atom. The maximum Gasteiger partial charge on any atom is 0.303 e. The SMILES string of the molecule is C=C1C2CC3OC(C)(C)OC4CCC(C)(C)C5C(OC(C)=O)C6(O)OCC45C3C6(C2)C1OC(C)=O. The van der Waals surface area contributed by atoms with Crippen molar-refractivity contribution in [2.45, 2.75) is 103 Å². The van der Waals surface area contributed by atoms with Gasteiger partial charge in [0.1, 0.15) is 6.10 Å². The zero-order valence-corrected chi connectivity index (χ0v) is 21.6. The highest BCUT2D eigenvalue weighted by Crippen LogP contribution is 2.79. The van der Waals surface area contributed by atoms with Gasteiger partial charge in [0.25, 0.3) is 0 Å². The summed E-state index contributed by atoms with van der Waals surface area (Å²) in [5.74, 6) is -4.09. The third kappa shape index (κ3) is 2.72. The fourth-order valence-corrected chi connectivity index (χ4v) is 9.69. The third-order valence-electron chi connectivity index (χ3n) is 10.3. The van der Waals surface area contributed by atoms with Crippen molar-refractivity contribution in [1.29, 1.82) is 0 Å². The molecule has 0 aromatic carbocycles. The lowest BCUT2D eigenvalue weighted by molar-refractivity contribution is -0.468. The van der Waals surface area contributed by atoms with Gasteiger partial charge < -0.3 is 28.8 Å². The van der Waals surface area contributed by atoms with Crippen LogP contribution in [-0.2, 0) is 33.3 Å². The molecule has 7 aliphatic rings. The average molecular weight is 491 g/mol. The predicted octanol–water partition coefficient (Wildman–Crippen LogP) is 3.11. The monoisotopic (exact) mass is 490 g/mol. The zero-order chi connectivity index (χ0) is 25.3. The minimum Gasteiger partial charge on any atom is -0.457 e. The number of hydrogen-bond acceptors (Lipinski definition) is 8. The number of aliphatic hydroxyl groups is 1. The van der Waals surface area contributed by atoms with Gasteiger partial charge in [0.2, 0.25) is 5.79 Å². The highest BCUT2D eigenvalue weighted by molar-refractivity contribution is 5.67. The van der Waals surface area contributed by atoms with Crippen molar-refractivity contribution < 1.29 is 38.4 Å². The first-order valence-corrected chi connectivity index (χ1v) is 12.9. The third-order valence-corrected chi connectivity index (χ3v) is 10.3. The largest absolute Gasteiger partial charge is 0.457 e. The molecule has 7 rings (SSSR count). The number of hydrogen-bond donors (Lipinski definition) is 1. The van der Waals surface area contributed by atoms with Gasteiger partial charge >= 0.3 is 11.9 Å². The molecule has 35 heavy (non-hydrogen) atoms. The summed E-state index contributed by atoms with van der Waals surface area (Å²) in [5, 5.41) is 12.7. The van der Waals surface area contributed by atoms with E-state index in [1.54, 1.807) is 0 Å². The van der Waals surface area contributed by atoms with Gasteiger partial charge in [-0.1, -0.05) is 20.4 Å². The van der Waals surface area contributed by atoms with Gasteiger partial charge in [-0.2, -0.15) is 0 Å². The molecular formula is C27H38O8. The molecule has 1 N–H and O–H groups in total. The van der Waals surface area contributed by atoms with E-state index in [1.807, 2.05) is 13.8 Å². The summed E-state index contributed by atoms with van der Waals surface area (Å²) in [5.41, 5.74) is -1.14. The van der Waals surface area contributed by atoms with Gasteiger partial charge in [-0.3, -0.25) is 9.59 Å². The minimum absolute atomic E-state index is 0.0237. The van der Waals surface area contributed by atoms with Gasteiger partial charge in [-0.05, 0) is 56.4 Å². The standard InChI is InChI=1S/C27H38O8/c1-13-16-10-17-19-25-12-31-27(30,26(19,11-16)21(13)32-14(2)28)22(33-15(3)29)20(25)23(4,5)9-8-18(25)35-24(6,7)34-17/h16-22,30H,1,8-12H2,2-7H3. The van der Waals surface area contributed by atoms with Gasteiger partial charge in [0.15, 0.2) is 11.9 Å². The van der Waals surface area contributed by atoms with E-state index in [0.717, 1.165) is 18.4 Å². The van der Waals surface area contributed by atoms with E-state index >= 15 is 0 Å². The van der Waals surface area contributed by atoms with Crippen LogP contribution in [0.25, 0.3) is 0 Å². The van der Waals surface area contributed by atoms with Crippen molar-refractivity contribution in [3.63, 3.8) is 0 Å². The summed E-state index contributed by atoms with van der Waals surface area (Å²) in [4.78, 5) is 24.8. The van der Waals surface area contributed by atoms with Crippen LogP contribution in [0.4, 0.5) is 0 Å². The molecule has 194 valence electrons. The lowest BCUT2D eigenvalue weighted by Crippen LogP contribution is -2.85. The van der Waals surface area contributed by atoms with Crippen LogP contribution in [0.15, 0.2) is 12.2 Å². The zero-order valence-electron chi connectivity index (χ0n) is 21.6. The molecule has 10 atom stereocenters. The molecule has 0 aromatic heterocycles. The Morgan fingerprint density at radius 3 is 2.40 bits per heavy atom. The van der Waals surface area contributed by atoms with Gasteiger partial charge in [-0.15, -0.1) is 0 Å². The Hall–Kier alpha value is -1.48. The topological polar surface area (TPSA) is 101 Å². The molecule has 2 spiro atoms. The van der Waals surface area contributed by atoms with Crippen molar-refractivity contribution in [2.75, 3.05) is 6.61 Å². The molecule has 4 saturated carbocycles. The number of rotatable bonds is 2. The van der Waals surface area contributed by atoms with E-state index in [9.17, 15) is 14.7 Å². The normalized spacial score (nSPS) is 52.3. The number of carbonyl (C=O) groups is 2. The van der Waals surface area contributed by atoms with Gasteiger partial charge in [0.05, 0.1) is 24.2 Å². The Kier molecular flexibility index (Phi) is 4.70. The molecular weight excluding hydrogens is 452 g/mol. The lowest BCUT2D eigenvalue weighted by Gasteiger charge is -2.75. The van der Waals surface area contributed by atoms with E-state index in [0.29, 0.717) is 12.8 Å². The van der Waals surface area contributed by atoms with Crippen molar-refractivity contribution in [2.24, 2.45) is 34.0 Å². The highest BCUT2D eigenvalue weighted by Gasteiger charge is 2.88. The van der Waals surface area contributed by atoms with Crippen LogP contribution in [0.1, 0.15) is 67.2 Å². The molecule has 3 saturated heterocycles. The summed E-state index contributed by atoms with van der Waals surface area (Å²) >= 11 is 0.